The Balaban J connectivity index is 2.39. The van der Waals surface area contributed by atoms with Crippen LogP contribution >= 0.6 is 0 Å². The van der Waals surface area contributed by atoms with E-state index in [0.29, 0.717) is 12.0 Å². The first-order chi connectivity index (χ1) is 9.83. The number of likely N-dealkylation sites (tertiary alicyclic amines) is 1. The van der Waals surface area contributed by atoms with Crippen molar-refractivity contribution in [1.82, 2.24) is 10.2 Å². The summed E-state index contributed by atoms with van der Waals surface area (Å²) in [6.07, 6.45) is 2.23. The fraction of sp³-hybridized carbons (Fsp3) is 1.00. The summed E-state index contributed by atoms with van der Waals surface area (Å²) >= 11 is 0. The lowest BCUT2D eigenvalue weighted by Crippen LogP contribution is -2.59. The van der Waals surface area contributed by atoms with Crippen LogP contribution in [0.25, 0.3) is 0 Å². The molecule has 0 aromatic heterocycles. The zero-order valence-corrected chi connectivity index (χ0v) is 15.9. The number of nitrogens with one attached hydrogen (secondary N) is 1. The zero-order chi connectivity index (χ0) is 16.1. The minimum atomic E-state index is -2.41. The van der Waals surface area contributed by atoms with E-state index in [1.165, 1.54) is 6.42 Å². The summed E-state index contributed by atoms with van der Waals surface area (Å²) < 4.78 is 16.4. The number of nitrogens with zero attached hydrogens (tertiary/aromatic N) is 1. The molecule has 0 amide bonds. The van der Waals surface area contributed by atoms with Crippen LogP contribution in [-0.2, 0) is 13.3 Å². The molecular weight excluding hydrogens is 284 g/mol. The number of piperidine rings is 1. The van der Waals surface area contributed by atoms with Crippen LogP contribution < -0.4 is 5.32 Å². The fourth-order valence-corrected chi connectivity index (χ4v) is 4.86. The van der Waals surface area contributed by atoms with E-state index in [1.807, 2.05) is 0 Å². The highest BCUT2D eigenvalue weighted by atomic mass is 28.4. The maximum absolute atomic E-state index is 5.46. The van der Waals surface area contributed by atoms with Crippen LogP contribution in [-0.4, -0.2) is 66.8 Å². The van der Waals surface area contributed by atoms with Crippen LogP contribution in [0.1, 0.15) is 33.6 Å². The molecule has 5 nitrogen and oxygen atoms in total. The second-order valence-corrected chi connectivity index (χ2v) is 9.70. The molecule has 2 unspecified atom stereocenters. The van der Waals surface area contributed by atoms with Crippen molar-refractivity contribution in [1.29, 1.82) is 0 Å². The van der Waals surface area contributed by atoms with Gasteiger partial charge in [0.1, 0.15) is 0 Å². The molecule has 0 aromatic rings. The van der Waals surface area contributed by atoms with Gasteiger partial charge in [-0.05, 0) is 52.7 Å². The number of rotatable bonds is 8. The molecule has 1 saturated heterocycles. The van der Waals surface area contributed by atoms with Gasteiger partial charge < -0.3 is 23.5 Å². The Kier molecular flexibility index (Phi) is 7.29. The predicted octanol–water partition coefficient (Wildman–Crippen LogP) is 1.96. The maximum Gasteiger partial charge on any atom is 0.500 e. The first kappa shape index (κ1) is 19.1. The van der Waals surface area contributed by atoms with Gasteiger partial charge in [0.2, 0.25) is 0 Å². The largest absolute Gasteiger partial charge is 0.500 e. The Hall–Kier alpha value is 0.0169. The van der Waals surface area contributed by atoms with E-state index in [9.17, 15) is 0 Å². The molecule has 1 aliphatic heterocycles. The Morgan fingerprint density at radius 3 is 2.29 bits per heavy atom. The van der Waals surface area contributed by atoms with Gasteiger partial charge in [-0.15, -0.1) is 0 Å². The van der Waals surface area contributed by atoms with E-state index in [1.54, 1.807) is 21.3 Å². The molecule has 1 heterocycles. The average molecular weight is 319 g/mol. The Morgan fingerprint density at radius 2 is 1.76 bits per heavy atom. The van der Waals surface area contributed by atoms with E-state index >= 15 is 0 Å². The van der Waals surface area contributed by atoms with Gasteiger partial charge in [-0.1, -0.05) is 6.92 Å². The molecule has 1 rings (SSSR count). The Bertz CT molecular complexity index is 303. The lowest BCUT2D eigenvalue weighted by molar-refractivity contribution is 0.0297. The van der Waals surface area contributed by atoms with Crippen molar-refractivity contribution in [3.8, 4) is 0 Å². The van der Waals surface area contributed by atoms with Crippen LogP contribution in [0.2, 0.25) is 6.04 Å². The standard InChI is InChI=1S/C15H34N2O3Si/c1-13-14(9-11-17(4)15(13,2)3)16-10-8-12-21(18-5,19-6)20-7/h13-14,16H,8-12H2,1-7H3. The molecule has 0 saturated carbocycles. The fourth-order valence-electron chi connectivity index (χ4n) is 3.14. The molecule has 0 bridgehead atoms. The van der Waals surface area contributed by atoms with Gasteiger partial charge in [0.25, 0.3) is 0 Å². The highest BCUT2D eigenvalue weighted by Gasteiger charge is 2.40. The molecule has 1 aliphatic rings. The van der Waals surface area contributed by atoms with Crippen LogP contribution in [0.4, 0.5) is 0 Å². The highest BCUT2D eigenvalue weighted by molar-refractivity contribution is 6.60. The molecule has 0 radical (unpaired) electrons. The van der Waals surface area contributed by atoms with Crippen molar-refractivity contribution in [3.63, 3.8) is 0 Å². The first-order valence-electron chi connectivity index (χ1n) is 7.93. The molecule has 126 valence electrons. The summed E-state index contributed by atoms with van der Waals surface area (Å²) in [5.74, 6) is 0.630. The maximum atomic E-state index is 5.46. The average Bonchev–Trinajstić information content (AvgIpc) is 2.48. The minimum Gasteiger partial charge on any atom is -0.377 e. The molecule has 6 heteroatoms. The van der Waals surface area contributed by atoms with Gasteiger partial charge in [-0.25, -0.2) is 0 Å². The van der Waals surface area contributed by atoms with Gasteiger partial charge in [0, 0.05) is 39.0 Å². The quantitative estimate of drug-likeness (QED) is 0.547. The van der Waals surface area contributed by atoms with Gasteiger partial charge in [0.15, 0.2) is 0 Å². The zero-order valence-electron chi connectivity index (χ0n) is 14.9. The van der Waals surface area contributed by atoms with E-state index in [-0.39, 0.29) is 5.54 Å². The third-order valence-corrected chi connectivity index (χ3v) is 8.31. The van der Waals surface area contributed by atoms with Crippen LogP contribution in [0.3, 0.4) is 0 Å². The topological polar surface area (TPSA) is 43.0 Å². The monoisotopic (exact) mass is 318 g/mol. The normalized spacial score (nSPS) is 27.0. The predicted molar refractivity (Wildman–Crippen MR) is 88.5 cm³/mol. The smallest absolute Gasteiger partial charge is 0.377 e. The van der Waals surface area contributed by atoms with Crippen LogP contribution in [0.15, 0.2) is 0 Å². The minimum absolute atomic E-state index is 0.250. The highest BCUT2D eigenvalue weighted by Crippen LogP contribution is 2.31. The van der Waals surface area contributed by atoms with Crippen molar-refractivity contribution >= 4 is 8.80 Å². The van der Waals surface area contributed by atoms with Crippen molar-refractivity contribution in [3.05, 3.63) is 0 Å². The molecule has 2 atom stereocenters. The SMILES string of the molecule is CO[Si](CCCNC1CCN(C)C(C)(C)C1C)(OC)OC. The Morgan fingerprint density at radius 1 is 1.19 bits per heavy atom. The third-order valence-electron chi connectivity index (χ3n) is 5.48. The van der Waals surface area contributed by atoms with Crippen LogP contribution in [0.5, 0.6) is 0 Å². The van der Waals surface area contributed by atoms with Gasteiger partial charge >= 0.3 is 8.80 Å². The molecule has 0 aromatic carbocycles. The molecule has 0 spiro atoms. The van der Waals surface area contributed by atoms with Crippen LogP contribution in [0, 0.1) is 5.92 Å². The summed E-state index contributed by atoms with van der Waals surface area (Å²) in [5, 5.41) is 3.72. The van der Waals surface area contributed by atoms with E-state index in [0.717, 1.165) is 25.6 Å². The lowest BCUT2D eigenvalue weighted by Gasteiger charge is -2.49. The third kappa shape index (κ3) is 4.50. The molecule has 1 N–H and O–H groups in total. The molecular formula is C15H34N2O3Si. The van der Waals surface area contributed by atoms with Gasteiger partial charge in [-0.2, -0.15) is 0 Å². The summed E-state index contributed by atoms with van der Waals surface area (Å²) in [5.41, 5.74) is 0.250. The second-order valence-electron chi connectivity index (χ2n) is 6.61. The second kappa shape index (κ2) is 8.03. The van der Waals surface area contributed by atoms with Crippen molar-refractivity contribution in [2.24, 2.45) is 5.92 Å². The van der Waals surface area contributed by atoms with E-state index < -0.39 is 8.80 Å². The van der Waals surface area contributed by atoms with Gasteiger partial charge in [-0.3, -0.25) is 0 Å². The molecule has 0 aliphatic carbocycles. The molecule has 1 fully saturated rings. The van der Waals surface area contributed by atoms with Crippen molar-refractivity contribution < 1.29 is 13.3 Å². The number of hydrogen-bond donors (Lipinski definition) is 1. The van der Waals surface area contributed by atoms with Crippen molar-refractivity contribution in [2.75, 3.05) is 41.5 Å². The summed E-state index contributed by atoms with van der Waals surface area (Å²) in [4.78, 5) is 2.47. The van der Waals surface area contributed by atoms with E-state index in [2.05, 4.69) is 38.0 Å². The lowest BCUT2D eigenvalue weighted by atomic mass is 9.77. The summed E-state index contributed by atoms with van der Waals surface area (Å²) in [6, 6.07) is 1.44. The summed E-state index contributed by atoms with van der Waals surface area (Å²) in [6.45, 7) is 9.17. The first-order valence-corrected chi connectivity index (χ1v) is 9.86. The summed E-state index contributed by atoms with van der Waals surface area (Å²) in [7, 11) is 4.84. The van der Waals surface area contributed by atoms with E-state index in [4.69, 9.17) is 13.3 Å². The van der Waals surface area contributed by atoms with Gasteiger partial charge in [0.05, 0.1) is 0 Å². The molecule has 21 heavy (non-hydrogen) atoms. The number of hydrogen-bond acceptors (Lipinski definition) is 5. The van der Waals surface area contributed by atoms with Crippen molar-refractivity contribution in [2.45, 2.75) is 51.2 Å². The Labute approximate surface area is 131 Å².